The van der Waals surface area contributed by atoms with Gasteiger partial charge in [0.1, 0.15) is 17.8 Å². The number of aromatic amines is 1. The van der Waals surface area contributed by atoms with Crippen LogP contribution in [-0.4, -0.2) is 286 Å². The monoisotopic (exact) mass is 1390 g/mol. The number of rotatable bonds is 44. The first-order valence-corrected chi connectivity index (χ1v) is 34.2. The zero-order valence-corrected chi connectivity index (χ0v) is 57.0. The number of aryl methyl sites for hydroxylation is 3. The third kappa shape index (κ3) is 32.8. The molecule has 1 aliphatic heterocycles. The van der Waals surface area contributed by atoms with Gasteiger partial charge in [0.05, 0.1) is 75.8 Å². The van der Waals surface area contributed by atoms with Gasteiger partial charge in [0.15, 0.2) is 5.95 Å². The molecule has 0 aliphatic carbocycles. The van der Waals surface area contributed by atoms with Gasteiger partial charge in [-0.2, -0.15) is 9.82 Å². The summed E-state index contributed by atoms with van der Waals surface area (Å²) < 4.78 is 53.2. The molecule has 4 amide bonds. The van der Waals surface area contributed by atoms with Gasteiger partial charge in [-0.05, 0) is 107 Å². The van der Waals surface area contributed by atoms with Crippen LogP contribution in [-0.2, 0) is 64.3 Å². The van der Waals surface area contributed by atoms with Gasteiger partial charge in [0.2, 0.25) is 27.7 Å². The van der Waals surface area contributed by atoms with Gasteiger partial charge in [-0.1, -0.05) is 13.3 Å². The van der Waals surface area contributed by atoms with Crippen molar-refractivity contribution in [3.8, 4) is 5.75 Å². The molecule has 33 nitrogen and oxygen atoms in total. The normalized spacial score (nSPS) is 14.4. The van der Waals surface area contributed by atoms with Gasteiger partial charge in [0, 0.05) is 129 Å². The molecule has 0 bridgehead atoms. The number of likely N-dealkylation sites (N-methyl/N-ethyl adjacent to an activating group) is 1. The minimum atomic E-state index is -4.34. The fourth-order valence-electron chi connectivity index (χ4n) is 10.2. The van der Waals surface area contributed by atoms with Crippen molar-refractivity contribution in [1.82, 2.24) is 65.3 Å². The van der Waals surface area contributed by atoms with Gasteiger partial charge < -0.3 is 76.7 Å². The number of benzene rings is 2. The third-order valence-electron chi connectivity index (χ3n) is 15.2. The van der Waals surface area contributed by atoms with Crippen LogP contribution < -0.4 is 41.8 Å². The van der Waals surface area contributed by atoms with Crippen LogP contribution >= 0.6 is 0 Å². The minimum Gasteiger partial charge on any atom is -0.494 e. The van der Waals surface area contributed by atoms with E-state index >= 15 is 0 Å². The lowest BCUT2D eigenvalue weighted by atomic mass is 10.1. The number of ether oxygens (including phenoxy) is 4. The molecule has 3 heterocycles. The van der Waals surface area contributed by atoms with Crippen LogP contribution in [0.5, 0.6) is 5.75 Å². The Kier molecular flexibility index (Phi) is 38.3. The molecule has 5 rings (SSSR count). The number of nitrogens with zero attached hydrogens (tertiary/aromatic N) is 7. The number of carboxylic acids is 4. The maximum Gasteiger partial charge on any atom is 0.323 e. The summed E-state index contributed by atoms with van der Waals surface area (Å²) in [5.74, 6) is -4.79. The topological polar surface area (TPSA) is 446 Å². The van der Waals surface area contributed by atoms with Crippen LogP contribution in [0.2, 0.25) is 0 Å². The average molecular weight is 1390 g/mol. The molecule has 0 saturated carbocycles. The average Bonchev–Trinajstić information content (AvgIpc) is 0.913. The zero-order chi connectivity index (χ0) is 71.0. The number of sulfonamides is 1. The molecule has 97 heavy (non-hydrogen) atoms. The molecule has 1 unspecified atom stereocenters. The molecule has 34 heteroatoms. The summed E-state index contributed by atoms with van der Waals surface area (Å²) in [5.41, 5.74) is 7.30. The van der Waals surface area contributed by atoms with E-state index in [0.29, 0.717) is 147 Å². The van der Waals surface area contributed by atoms with E-state index in [-0.39, 0.29) is 80.5 Å². The number of unbranched alkanes of at least 4 members (excludes halogenated alkanes) is 2. The van der Waals surface area contributed by atoms with Gasteiger partial charge in [-0.3, -0.25) is 62.6 Å². The highest BCUT2D eigenvalue weighted by molar-refractivity contribution is 7.89. The summed E-state index contributed by atoms with van der Waals surface area (Å²) in [7, 11) is -2.84. The van der Waals surface area contributed by atoms with Gasteiger partial charge in [0.25, 0.3) is 5.91 Å². The number of carbonyl (C=O) groups excluding carboxylic acids is 4. The third-order valence-corrected chi connectivity index (χ3v) is 17.0. The van der Waals surface area contributed by atoms with Gasteiger partial charge in [-0.15, -0.1) is 0 Å². The molecule has 4 aromatic rings. The quantitative estimate of drug-likeness (QED) is 0.0266. The Morgan fingerprint density at radius 3 is 1.78 bits per heavy atom. The second-order valence-electron chi connectivity index (χ2n) is 23.1. The summed E-state index contributed by atoms with van der Waals surface area (Å²) >= 11 is 0. The Hall–Kier alpha value is -7.93. The van der Waals surface area contributed by atoms with E-state index in [1.54, 1.807) is 82.4 Å². The maximum absolute atomic E-state index is 13.5. The number of H-pyrrole nitrogens is 1. The lowest BCUT2D eigenvalue weighted by Gasteiger charge is -2.33. The van der Waals surface area contributed by atoms with E-state index in [2.05, 4.69) is 53.3 Å². The van der Waals surface area contributed by atoms with E-state index in [4.69, 9.17) is 24.7 Å². The van der Waals surface area contributed by atoms with E-state index in [9.17, 15) is 67.2 Å². The highest BCUT2D eigenvalue weighted by Gasteiger charge is 2.30. The Bertz CT molecular complexity index is 3120. The molecule has 2 atom stereocenters. The van der Waals surface area contributed by atoms with Crippen LogP contribution in [0.3, 0.4) is 0 Å². The number of aliphatic carboxylic acids is 4. The Morgan fingerprint density at radius 1 is 0.670 bits per heavy atom. The fraction of sp³-hybridized carbons (Fsp3) is 0.619. The number of fused-ring (bicyclic) bond motifs is 1. The molecule has 2 aromatic heterocycles. The lowest BCUT2D eigenvalue weighted by molar-refractivity contribution is -0.140. The number of nitrogens with two attached hydrogens (primary N) is 1. The molecule has 13 N–H and O–H groups in total. The molecular formula is C63H101N15O18S. The van der Waals surface area contributed by atoms with E-state index in [1.165, 1.54) is 7.05 Å². The molecule has 2 aromatic carbocycles. The Morgan fingerprint density at radius 2 is 1.25 bits per heavy atom. The van der Waals surface area contributed by atoms with Crippen molar-refractivity contribution in [3.63, 3.8) is 0 Å². The number of carboxylic acid groups (broad SMARTS) is 4. The largest absolute Gasteiger partial charge is 0.494 e. The molecule has 1 fully saturated rings. The number of aromatic nitrogens is 4. The summed E-state index contributed by atoms with van der Waals surface area (Å²) in [5, 5.41) is 56.8. The predicted molar refractivity (Wildman–Crippen MR) is 359 cm³/mol. The SMILES string of the molecule is CCCCOCCOCCOCCCNC(=O)CCCOc1cc(C)c(S(=O)(=O)NC(CNC(=O)c2ccc3c(cnn3CCCNc3ncc[nH]3)c2)C(=O)O)c(C)c1.CNC(=O)[C@@H](CCCCN)NC(=O)CN1CCN(CC(=O)O)CCN(CC(=O)O)CCN(CC(=O)O)CC1. The molecule has 0 spiro atoms. The van der Waals surface area contributed by atoms with Crippen LogP contribution in [0.4, 0.5) is 5.95 Å². The summed E-state index contributed by atoms with van der Waals surface area (Å²) in [6, 6.07) is 5.74. The van der Waals surface area contributed by atoms with Crippen molar-refractivity contribution in [2.24, 2.45) is 5.73 Å². The number of amides is 4. The number of nitrogens with one attached hydrogen (secondary N) is 7. The maximum atomic E-state index is 13.5. The molecule has 1 saturated heterocycles. The summed E-state index contributed by atoms with van der Waals surface area (Å²) in [4.78, 5) is 110. The summed E-state index contributed by atoms with van der Waals surface area (Å²) in [6.45, 7) is 12.2. The number of carbonyl (C=O) groups is 8. The lowest BCUT2D eigenvalue weighted by Crippen LogP contribution is -2.52. The molecule has 1 aliphatic rings. The standard InChI is InChI=1S/C40H58N8O10S.C23H43N7O8/c1-4-5-17-55-20-22-57-23-21-56-18-8-13-41-36(49)9-6-19-58-33-24-29(2)37(30(3)25-33)59(53,54)47-34(39(51)52)28-45-38(50)31-10-11-35-32(26-31)27-46-48(35)16-7-12-42-40-43-14-15-44-40;1-25-23(38)18(4-2-3-5-24)26-19(31)14-27-6-8-28(15-20(32)33)10-12-30(17-22(36)37)13-11-29(9-7-27)16-21(34)35/h10-11,14-15,24-27,34,47H,4-9,12-13,16-23,28H2,1-3H3,(H,41,49)(H,45,50)(H,51,52)(H2,42,43,44);18H,2-17,24H2,1H3,(H,25,38)(H,26,31)(H,32,33)(H,34,35)(H,36,37)/t;18-/m.1/s1. The zero-order valence-electron chi connectivity index (χ0n) is 56.2. The predicted octanol–water partition coefficient (Wildman–Crippen LogP) is 0.377. The highest BCUT2D eigenvalue weighted by Crippen LogP contribution is 2.26. The van der Waals surface area contributed by atoms with Crippen molar-refractivity contribution >= 4 is 74.4 Å². The molecular weight excluding hydrogens is 1290 g/mol. The number of anilines is 1. The first-order chi connectivity index (χ1) is 46.5. The van der Waals surface area contributed by atoms with Gasteiger partial charge in [-0.25, -0.2) is 13.4 Å². The second-order valence-corrected chi connectivity index (χ2v) is 24.8. The van der Waals surface area contributed by atoms with Crippen molar-refractivity contribution in [1.29, 1.82) is 0 Å². The van der Waals surface area contributed by atoms with Crippen LogP contribution in [0.1, 0.15) is 86.2 Å². The van der Waals surface area contributed by atoms with Crippen molar-refractivity contribution in [2.45, 2.75) is 102 Å². The van der Waals surface area contributed by atoms with Crippen molar-refractivity contribution in [2.75, 3.05) is 163 Å². The van der Waals surface area contributed by atoms with E-state index in [1.807, 2.05) is 4.68 Å². The Labute approximate surface area is 566 Å². The Balaban J connectivity index is 0.000000455. The minimum absolute atomic E-state index is 0.0582. The summed E-state index contributed by atoms with van der Waals surface area (Å²) in [6.07, 6.45) is 11.2. The van der Waals surface area contributed by atoms with E-state index in [0.717, 1.165) is 43.2 Å². The van der Waals surface area contributed by atoms with Crippen LogP contribution in [0, 0.1) is 13.8 Å². The first-order valence-electron chi connectivity index (χ1n) is 32.7. The highest BCUT2D eigenvalue weighted by atomic mass is 32.2. The number of hydrogen-bond acceptors (Lipinski definition) is 22. The number of imidazole rings is 1. The van der Waals surface area contributed by atoms with Crippen molar-refractivity contribution in [3.05, 3.63) is 65.6 Å². The molecule has 0 radical (unpaired) electrons. The smallest absolute Gasteiger partial charge is 0.323 e. The number of hydrogen-bond donors (Lipinski definition) is 12. The van der Waals surface area contributed by atoms with E-state index < -0.39 is 58.4 Å². The van der Waals surface area contributed by atoms with Crippen molar-refractivity contribution < 1.29 is 86.1 Å². The van der Waals surface area contributed by atoms with Gasteiger partial charge >= 0.3 is 23.9 Å². The molecule has 542 valence electrons. The second kappa shape index (κ2) is 45.6. The van der Waals surface area contributed by atoms with Crippen LogP contribution in [0.15, 0.2) is 53.8 Å². The van der Waals surface area contributed by atoms with Crippen LogP contribution in [0.25, 0.3) is 10.9 Å². The fourth-order valence-corrected chi connectivity index (χ4v) is 11.9. The first kappa shape index (κ1) is 81.5.